The van der Waals surface area contributed by atoms with Gasteiger partial charge < -0.3 is 5.32 Å². The van der Waals surface area contributed by atoms with Gasteiger partial charge in [0.25, 0.3) is 0 Å². The van der Waals surface area contributed by atoms with Crippen LogP contribution in [-0.4, -0.2) is 0 Å². The standard InChI is InChI=1S/C13H11ClF3NS/c1-8(9-4-5-19-7-9)18-12-3-2-10(14)6-11(12)13(15,16)17/h2-8,18H,1H3. The zero-order valence-corrected chi connectivity index (χ0v) is 11.5. The van der Waals surface area contributed by atoms with Gasteiger partial charge in [-0.15, -0.1) is 0 Å². The summed E-state index contributed by atoms with van der Waals surface area (Å²) >= 11 is 7.14. The number of nitrogens with one attached hydrogen (secondary N) is 1. The van der Waals surface area contributed by atoms with Crippen LogP contribution in [0, 0.1) is 0 Å². The molecule has 0 spiro atoms. The molecule has 1 aromatic heterocycles. The van der Waals surface area contributed by atoms with Crippen molar-refractivity contribution in [3.8, 4) is 0 Å². The van der Waals surface area contributed by atoms with Crippen molar-refractivity contribution in [1.29, 1.82) is 0 Å². The Morgan fingerprint density at radius 3 is 2.58 bits per heavy atom. The molecule has 2 aromatic rings. The Kier molecular flexibility index (Phi) is 4.06. The average Bonchev–Trinajstić information content (AvgIpc) is 2.83. The van der Waals surface area contributed by atoms with Gasteiger partial charge in [0.15, 0.2) is 0 Å². The van der Waals surface area contributed by atoms with Crippen LogP contribution < -0.4 is 5.32 Å². The lowest BCUT2D eigenvalue weighted by molar-refractivity contribution is -0.137. The van der Waals surface area contributed by atoms with Gasteiger partial charge in [-0.05, 0) is 47.5 Å². The van der Waals surface area contributed by atoms with Crippen molar-refractivity contribution in [2.75, 3.05) is 5.32 Å². The Hall–Kier alpha value is -1.20. The van der Waals surface area contributed by atoms with E-state index in [0.717, 1.165) is 11.6 Å². The third-order valence-electron chi connectivity index (χ3n) is 2.70. The highest BCUT2D eigenvalue weighted by molar-refractivity contribution is 7.07. The number of thiophene rings is 1. The molecule has 1 atom stereocenters. The molecule has 0 saturated heterocycles. The maximum Gasteiger partial charge on any atom is 0.418 e. The predicted molar refractivity (Wildman–Crippen MR) is 72.8 cm³/mol. The van der Waals surface area contributed by atoms with Gasteiger partial charge >= 0.3 is 6.18 Å². The van der Waals surface area contributed by atoms with Crippen molar-refractivity contribution in [3.05, 3.63) is 51.2 Å². The van der Waals surface area contributed by atoms with Gasteiger partial charge in [0.05, 0.1) is 5.56 Å². The second-order valence-corrected chi connectivity index (χ2v) is 5.33. The molecule has 1 nitrogen and oxygen atoms in total. The fraction of sp³-hybridized carbons (Fsp3) is 0.231. The van der Waals surface area contributed by atoms with Gasteiger partial charge in [-0.3, -0.25) is 0 Å². The Balaban J connectivity index is 2.30. The summed E-state index contributed by atoms with van der Waals surface area (Å²) in [5.74, 6) is 0. The summed E-state index contributed by atoms with van der Waals surface area (Å²) in [4.78, 5) is 0. The molecule has 0 aliphatic heterocycles. The van der Waals surface area contributed by atoms with E-state index in [1.54, 1.807) is 0 Å². The molecular formula is C13H11ClF3NS. The second-order valence-electron chi connectivity index (χ2n) is 4.11. The third kappa shape index (κ3) is 3.42. The highest BCUT2D eigenvalue weighted by Gasteiger charge is 2.34. The molecule has 1 aromatic carbocycles. The molecule has 6 heteroatoms. The average molecular weight is 306 g/mol. The number of benzene rings is 1. The minimum absolute atomic E-state index is 0.0376. The van der Waals surface area contributed by atoms with E-state index >= 15 is 0 Å². The van der Waals surface area contributed by atoms with Crippen LogP contribution in [0.2, 0.25) is 5.02 Å². The number of alkyl halides is 3. The lowest BCUT2D eigenvalue weighted by Gasteiger charge is -2.19. The van der Waals surface area contributed by atoms with E-state index in [4.69, 9.17) is 11.6 Å². The Labute approximate surface area is 118 Å². The second kappa shape index (κ2) is 5.43. The number of hydrogen-bond acceptors (Lipinski definition) is 2. The quantitative estimate of drug-likeness (QED) is 0.779. The third-order valence-corrected chi connectivity index (χ3v) is 3.64. The van der Waals surface area contributed by atoms with Crippen LogP contribution in [0.3, 0.4) is 0 Å². The highest BCUT2D eigenvalue weighted by atomic mass is 35.5. The molecule has 0 fully saturated rings. The van der Waals surface area contributed by atoms with Gasteiger partial charge in [-0.25, -0.2) is 0 Å². The highest BCUT2D eigenvalue weighted by Crippen LogP contribution is 2.37. The molecule has 2 rings (SSSR count). The van der Waals surface area contributed by atoms with Crippen molar-refractivity contribution < 1.29 is 13.2 Å². The molecule has 0 amide bonds. The molecule has 0 aliphatic rings. The number of anilines is 1. The molecule has 0 bridgehead atoms. The van der Waals surface area contributed by atoms with E-state index in [9.17, 15) is 13.2 Å². The van der Waals surface area contributed by atoms with Crippen molar-refractivity contribution in [2.45, 2.75) is 19.1 Å². The fourth-order valence-corrected chi connectivity index (χ4v) is 2.64. The molecule has 0 aliphatic carbocycles. The largest absolute Gasteiger partial charge is 0.418 e. The first-order valence-electron chi connectivity index (χ1n) is 5.53. The zero-order valence-electron chi connectivity index (χ0n) is 9.96. The van der Waals surface area contributed by atoms with Crippen molar-refractivity contribution in [2.24, 2.45) is 0 Å². The van der Waals surface area contributed by atoms with E-state index < -0.39 is 11.7 Å². The van der Waals surface area contributed by atoms with E-state index in [-0.39, 0.29) is 16.8 Å². The summed E-state index contributed by atoms with van der Waals surface area (Å²) in [5.41, 5.74) is 0.241. The van der Waals surface area contributed by atoms with Crippen molar-refractivity contribution in [3.63, 3.8) is 0 Å². The van der Waals surface area contributed by atoms with Crippen molar-refractivity contribution in [1.82, 2.24) is 0 Å². The molecule has 1 unspecified atom stereocenters. The van der Waals surface area contributed by atoms with Crippen molar-refractivity contribution >= 4 is 28.6 Å². The van der Waals surface area contributed by atoms with Crippen LogP contribution in [0.25, 0.3) is 0 Å². The first-order valence-corrected chi connectivity index (χ1v) is 6.85. The molecule has 19 heavy (non-hydrogen) atoms. The van der Waals surface area contributed by atoms with Crippen LogP contribution in [0.15, 0.2) is 35.0 Å². The predicted octanol–water partition coefficient (Wildman–Crippen LogP) is 5.59. The SMILES string of the molecule is CC(Nc1ccc(Cl)cc1C(F)(F)F)c1ccsc1. The number of rotatable bonds is 3. The molecule has 1 N–H and O–H groups in total. The summed E-state index contributed by atoms with van der Waals surface area (Å²) in [6.45, 7) is 1.82. The molecule has 102 valence electrons. The maximum atomic E-state index is 12.9. The Morgan fingerprint density at radius 1 is 1.26 bits per heavy atom. The summed E-state index contributed by atoms with van der Waals surface area (Å²) in [5, 5.41) is 6.74. The topological polar surface area (TPSA) is 12.0 Å². The lowest BCUT2D eigenvalue weighted by Crippen LogP contribution is -2.13. The first-order chi connectivity index (χ1) is 8.88. The van der Waals surface area contributed by atoms with Gasteiger partial charge in [0.2, 0.25) is 0 Å². The van der Waals surface area contributed by atoms with E-state index in [1.165, 1.54) is 23.5 Å². The molecule has 1 heterocycles. The Morgan fingerprint density at radius 2 is 2.00 bits per heavy atom. The van der Waals surface area contributed by atoms with Crippen LogP contribution in [0.1, 0.15) is 24.1 Å². The van der Waals surface area contributed by atoms with Gasteiger partial charge in [-0.2, -0.15) is 24.5 Å². The molecule has 0 radical (unpaired) electrons. The Bertz CT molecular complexity index is 552. The van der Waals surface area contributed by atoms with E-state index in [2.05, 4.69) is 5.32 Å². The van der Waals surface area contributed by atoms with E-state index in [1.807, 2.05) is 23.8 Å². The number of halogens is 4. The fourth-order valence-electron chi connectivity index (χ4n) is 1.71. The van der Waals surface area contributed by atoms with Crippen LogP contribution in [-0.2, 0) is 6.18 Å². The lowest BCUT2D eigenvalue weighted by atomic mass is 10.1. The summed E-state index contributed by atoms with van der Waals surface area (Å²) < 4.78 is 38.8. The van der Waals surface area contributed by atoms with Crippen LogP contribution in [0.4, 0.5) is 18.9 Å². The molecular weight excluding hydrogens is 295 g/mol. The zero-order chi connectivity index (χ0) is 14.0. The first kappa shape index (κ1) is 14.2. The molecule has 0 saturated carbocycles. The van der Waals surface area contributed by atoms with Gasteiger partial charge in [-0.1, -0.05) is 11.6 Å². The minimum atomic E-state index is -4.43. The van der Waals surface area contributed by atoms with Gasteiger partial charge in [0.1, 0.15) is 0 Å². The van der Waals surface area contributed by atoms with Crippen LogP contribution >= 0.6 is 22.9 Å². The van der Waals surface area contributed by atoms with E-state index in [0.29, 0.717) is 0 Å². The minimum Gasteiger partial charge on any atom is -0.378 e. The normalized spacial score (nSPS) is 13.3. The van der Waals surface area contributed by atoms with Crippen LogP contribution in [0.5, 0.6) is 0 Å². The summed E-state index contributed by atoms with van der Waals surface area (Å²) in [7, 11) is 0. The summed E-state index contributed by atoms with van der Waals surface area (Å²) in [6.07, 6.45) is -4.43. The summed E-state index contributed by atoms with van der Waals surface area (Å²) in [6, 6.07) is 5.41. The number of hydrogen-bond donors (Lipinski definition) is 1. The smallest absolute Gasteiger partial charge is 0.378 e. The monoisotopic (exact) mass is 305 g/mol. The maximum absolute atomic E-state index is 12.9. The van der Waals surface area contributed by atoms with Gasteiger partial charge in [0, 0.05) is 16.8 Å².